The van der Waals surface area contributed by atoms with Crippen molar-refractivity contribution in [3.05, 3.63) is 58.6 Å². The van der Waals surface area contributed by atoms with Crippen LogP contribution >= 0.6 is 23.2 Å². The molecule has 2 aromatic rings. The Kier molecular flexibility index (Phi) is 3.43. The van der Waals surface area contributed by atoms with Crippen LogP contribution in [0.1, 0.15) is 0 Å². The van der Waals surface area contributed by atoms with Crippen molar-refractivity contribution >= 4 is 33.0 Å². The van der Waals surface area contributed by atoms with E-state index in [0.717, 1.165) is 0 Å². The van der Waals surface area contributed by atoms with Gasteiger partial charge in [-0.15, -0.1) is 0 Å². The Hall–Kier alpha value is -1.03. The molecule has 0 aliphatic heterocycles. The lowest BCUT2D eigenvalue weighted by Crippen LogP contribution is -2.02. The van der Waals surface area contributed by atoms with Crippen LogP contribution < -0.4 is 0 Å². The zero-order valence-corrected chi connectivity index (χ0v) is 10.9. The van der Waals surface area contributed by atoms with Gasteiger partial charge in [-0.05, 0) is 30.3 Å². The van der Waals surface area contributed by atoms with E-state index in [2.05, 4.69) is 0 Å². The minimum Gasteiger partial charge on any atom is -0.218 e. The van der Waals surface area contributed by atoms with Gasteiger partial charge in [0.25, 0.3) is 0 Å². The Morgan fingerprint density at radius 1 is 0.882 bits per heavy atom. The Labute approximate surface area is 110 Å². The van der Waals surface area contributed by atoms with E-state index in [-0.39, 0.29) is 14.8 Å². The maximum Gasteiger partial charge on any atom is 0.208 e. The zero-order valence-electron chi connectivity index (χ0n) is 8.60. The van der Waals surface area contributed by atoms with Crippen molar-refractivity contribution in [1.82, 2.24) is 0 Å². The molecular formula is C12H8Cl2O2S. The van der Waals surface area contributed by atoms with Gasteiger partial charge in [0.15, 0.2) is 0 Å². The molecule has 0 radical (unpaired) electrons. The average molecular weight is 287 g/mol. The predicted molar refractivity (Wildman–Crippen MR) is 68.4 cm³/mol. The van der Waals surface area contributed by atoms with Crippen molar-refractivity contribution in [3.8, 4) is 0 Å². The molecule has 2 nitrogen and oxygen atoms in total. The first-order valence-electron chi connectivity index (χ1n) is 4.77. The molecule has 17 heavy (non-hydrogen) atoms. The highest BCUT2D eigenvalue weighted by Gasteiger charge is 2.20. The Morgan fingerprint density at radius 2 is 1.53 bits per heavy atom. The highest BCUT2D eigenvalue weighted by atomic mass is 35.5. The van der Waals surface area contributed by atoms with E-state index in [0.29, 0.717) is 5.02 Å². The fourth-order valence-corrected chi connectivity index (χ4v) is 3.45. The summed E-state index contributed by atoms with van der Waals surface area (Å²) in [6.07, 6.45) is 0. The van der Waals surface area contributed by atoms with Gasteiger partial charge in [0.05, 0.1) is 14.8 Å². The van der Waals surface area contributed by atoms with Crippen LogP contribution in [0.4, 0.5) is 0 Å². The topological polar surface area (TPSA) is 34.1 Å². The maximum atomic E-state index is 12.3. The molecule has 0 heterocycles. The molecule has 5 heteroatoms. The van der Waals surface area contributed by atoms with Crippen LogP contribution in [0.15, 0.2) is 58.3 Å². The molecule has 0 aromatic heterocycles. The summed E-state index contributed by atoms with van der Waals surface area (Å²) in [5.74, 6) is 0. The summed E-state index contributed by atoms with van der Waals surface area (Å²) in [4.78, 5) is 0.224. The van der Waals surface area contributed by atoms with Crippen LogP contribution in [0.2, 0.25) is 10.0 Å². The van der Waals surface area contributed by atoms with Crippen LogP contribution in [0.3, 0.4) is 0 Å². The van der Waals surface area contributed by atoms with E-state index >= 15 is 0 Å². The molecule has 0 saturated heterocycles. The summed E-state index contributed by atoms with van der Waals surface area (Å²) >= 11 is 11.7. The first-order chi connectivity index (χ1) is 8.01. The lowest BCUT2D eigenvalue weighted by molar-refractivity contribution is 0.596. The molecule has 0 amide bonds. The third kappa shape index (κ3) is 2.46. The second-order valence-corrected chi connectivity index (χ2v) is 6.15. The lowest BCUT2D eigenvalue weighted by Gasteiger charge is -2.06. The molecular weight excluding hydrogens is 279 g/mol. The third-order valence-electron chi connectivity index (χ3n) is 2.24. The number of halogens is 2. The van der Waals surface area contributed by atoms with Gasteiger partial charge in [-0.2, -0.15) is 0 Å². The van der Waals surface area contributed by atoms with Crippen LogP contribution in [0, 0.1) is 0 Å². The summed E-state index contributed by atoms with van der Waals surface area (Å²) in [5.41, 5.74) is 0. The summed E-state index contributed by atoms with van der Waals surface area (Å²) in [7, 11) is -3.61. The van der Waals surface area contributed by atoms with Gasteiger partial charge in [0, 0.05) is 5.02 Å². The maximum absolute atomic E-state index is 12.3. The van der Waals surface area contributed by atoms with E-state index < -0.39 is 9.84 Å². The highest BCUT2D eigenvalue weighted by Crippen LogP contribution is 2.29. The van der Waals surface area contributed by atoms with E-state index in [1.54, 1.807) is 24.3 Å². The molecule has 2 aromatic carbocycles. The molecule has 0 spiro atoms. The molecule has 0 aliphatic rings. The van der Waals surface area contributed by atoms with Crippen molar-refractivity contribution in [1.29, 1.82) is 0 Å². The Bertz CT molecular complexity index is 637. The van der Waals surface area contributed by atoms with Crippen molar-refractivity contribution in [2.45, 2.75) is 9.79 Å². The summed E-state index contributed by atoms with van der Waals surface area (Å²) in [6.45, 7) is 0. The smallest absolute Gasteiger partial charge is 0.208 e. The fourth-order valence-electron chi connectivity index (χ4n) is 1.41. The van der Waals surface area contributed by atoms with Gasteiger partial charge in [-0.1, -0.05) is 41.4 Å². The number of sulfone groups is 1. The van der Waals surface area contributed by atoms with Gasteiger partial charge in [-0.25, -0.2) is 8.42 Å². The summed E-state index contributed by atoms with van der Waals surface area (Å²) in [5, 5.41) is 0.502. The first-order valence-corrected chi connectivity index (χ1v) is 7.01. The van der Waals surface area contributed by atoms with E-state index in [1.165, 1.54) is 24.3 Å². The normalized spacial score (nSPS) is 11.4. The van der Waals surface area contributed by atoms with Crippen LogP contribution in [0.5, 0.6) is 0 Å². The molecule has 0 saturated carbocycles. The standard InChI is InChI=1S/C12H8Cl2O2S/c13-9-6-7-11(14)12(8-9)17(15,16)10-4-2-1-3-5-10/h1-8H. The van der Waals surface area contributed by atoms with Crippen molar-refractivity contribution in [3.63, 3.8) is 0 Å². The Morgan fingerprint density at radius 3 is 2.18 bits per heavy atom. The van der Waals surface area contributed by atoms with Gasteiger partial charge < -0.3 is 0 Å². The molecule has 88 valence electrons. The second kappa shape index (κ2) is 4.69. The molecule has 0 N–H and O–H groups in total. The largest absolute Gasteiger partial charge is 0.218 e. The second-order valence-electron chi connectivity index (χ2n) is 3.39. The van der Waals surface area contributed by atoms with Gasteiger partial charge >= 0.3 is 0 Å². The van der Waals surface area contributed by atoms with Crippen molar-refractivity contribution in [2.75, 3.05) is 0 Å². The van der Waals surface area contributed by atoms with Crippen molar-refractivity contribution < 1.29 is 8.42 Å². The SMILES string of the molecule is O=S(=O)(c1ccccc1)c1cc(Cl)ccc1Cl. The van der Waals surface area contributed by atoms with Crippen LogP contribution in [-0.4, -0.2) is 8.42 Å². The van der Waals surface area contributed by atoms with E-state index in [1.807, 2.05) is 0 Å². The molecule has 0 atom stereocenters. The van der Waals surface area contributed by atoms with Crippen molar-refractivity contribution in [2.24, 2.45) is 0 Å². The average Bonchev–Trinajstić information content (AvgIpc) is 2.33. The lowest BCUT2D eigenvalue weighted by atomic mass is 10.4. The minimum atomic E-state index is -3.61. The zero-order chi connectivity index (χ0) is 12.5. The van der Waals surface area contributed by atoms with Gasteiger partial charge in [0.1, 0.15) is 0 Å². The van der Waals surface area contributed by atoms with Crippen LogP contribution in [-0.2, 0) is 9.84 Å². The number of benzene rings is 2. The molecule has 0 unspecified atom stereocenters. The number of hydrogen-bond acceptors (Lipinski definition) is 2. The number of rotatable bonds is 2. The molecule has 0 aliphatic carbocycles. The fraction of sp³-hybridized carbons (Fsp3) is 0. The predicted octanol–water partition coefficient (Wildman–Crippen LogP) is 3.83. The molecule has 2 rings (SSSR count). The number of hydrogen-bond donors (Lipinski definition) is 0. The van der Waals surface area contributed by atoms with Crippen LogP contribution in [0.25, 0.3) is 0 Å². The highest BCUT2D eigenvalue weighted by molar-refractivity contribution is 7.91. The van der Waals surface area contributed by atoms with E-state index in [9.17, 15) is 8.42 Å². The molecule has 0 fully saturated rings. The van der Waals surface area contributed by atoms with Gasteiger partial charge in [-0.3, -0.25) is 0 Å². The third-order valence-corrected chi connectivity index (χ3v) is 4.72. The molecule has 0 bridgehead atoms. The monoisotopic (exact) mass is 286 g/mol. The van der Waals surface area contributed by atoms with E-state index in [4.69, 9.17) is 23.2 Å². The Balaban J connectivity index is 2.64. The van der Waals surface area contributed by atoms with Gasteiger partial charge in [0.2, 0.25) is 9.84 Å². The quantitative estimate of drug-likeness (QED) is 0.841. The minimum absolute atomic E-state index is 0.0258. The summed E-state index contributed by atoms with van der Waals surface area (Å²) in [6, 6.07) is 12.5. The summed E-state index contributed by atoms with van der Waals surface area (Å²) < 4.78 is 24.5. The first kappa shape index (κ1) is 12.4.